The van der Waals surface area contributed by atoms with Crippen LogP contribution in [0.1, 0.15) is 47.2 Å². The van der Waals surface area contributed by atoms with Gasteiger partial charge in [0.15, 0.2) is 12.4 Å². The van der Waals surface area contributed by atoms with Crippen molar-refractivity contribution in [2.24, 2.45) is 0 Å². The molecule has 0 atom stereocenters. The molecule has 0 spiro atoms. The van der Waals surface area contributed by atoms with E-state index in [1.54, 1.807) is 19.1 Å². The highest BCUT2D eigenvalue weighted by molar-refractivity contribution is 6.21. The minimum Gasteiger partial charge on any atom is -0.459 e. The smallest absolute Gasteiger partial charge is 0.338 e. The van der Waals surface area contributed by atoms with Gasteiger partial charge in [-0.2, -0.15) is 0 Å². The number of rotatable bonds is 6. The number of amides is 4. The molecule has 4 amide bonds. The molecule has 0 radical (unpaired) electrons. The summed E-state index contributed by atoms with van der Waals surface area (Å²) >= 11 is 0. The summed E-state index contributed by atoms with van der Waals surface area (Å²) in [5.41, 5.74) is 1.97. The van der Waals surface area contributed by atoms with Crippen LogP contribution in [0.25, 0.3) is 0 Å². The van der Waals surface area contributed by atoms with Crippen LogP contribution in [0.5, 0.6) is 0 Å². The Morgan fingerprint density at radius 3 is 2.47 bits per heavy atom. The molecule has 10 nitrogen and oxygen atoms in total. The second-order valence-electron chi connectivity index (χ2n) is 7.52. The quantitative estimate of drug-likeness (QED) is 0.426. The van der Waals surface area contributed by atoms with Crippen molar-refractivity contribution < 1.29 is 33.1 Å². The summed E-state index contributed by atoms with van der Waals surface area (Å²) in [7, 11) is 1.38. The Balaban J connectivity index is 1.37. The molecule has 2 heterocycles. The molecule has 0 unspecified atom stereocenters. The third-order valence-corrected chi connectivity index (χ3v) is 5.17. The van der Waals surface area contributed by atoms with Crippen molar-refractivity contribution in [3.63, 3.8) is 0 Å². The van der Waals surface area contributed by atoms with E-state index in [9.17, 15) is 24.0 Å². The third-order valence-electron chi connectivity index (χ3n) is 5.17. The minimum atomic E-state index is -0.764. The van der Waals surface area contributed by atoms with E-state index in [1.165, 1.54) is 49.7 Å². The van der Waals surface area contributed by atoms with Crippen LogP contribution in [0.2, 0.25) is 0 Å². The van der Waals surface area contributed by atoms with Crippen molar-refractivity contribution >= 4 is 41.0 Å². The van der Waals surface area contributed by atoms with Gasteiger partial charge in [0.1, 0.15) is 0 Å². The molecule has 2 aromatic carbocycles. The van der Waals surface area contributed by atoms with Gasteiger partial charge in [-0.3, -0.25) is 24.1 Å². The number of ether oxygens (including phenoxy) is 1. The number of fused-ring (bicyclic) bond motifs is 1. The van der Waals surface area contributed by atoms with Crippen molar-refractivity contribution in [2.75, 3.05) is 24.3 Å². The lowest BCUT2D eigenvalue weighted by molar-refractivity contribution is -0.119. The zero-order valence-corrected chi connectivity index (χ0v) is 18.2. The monoisotopic (exact) mass is 461 g/mol. The molecule has 0 fully saturated rings. The normalized spacial score (nSPS) is 12.4. The fraction of sp³-hybridized carbons (Fsp3) is 0.125. The van der Waals surface area contributed by atoms with E-state index in [2.05, 4.69) is 10.6 Å². The summed E-state index contributed by atoms with van der Waals surface area (Å²) in [6.45, 7) is 1.18. The van der Waals surface area contributed by atoms with Gasteiger partial charge in [0.2, 0.25) is 0 Å². The minimum absolute atomic E-state index is 0.119. The van der Waals surface area contributed by atoms with Gasteiger partial charge < -0.3 is 19.8 Å². The molecule has 34 heavy (non-hydrogen) atoms. The van der Waals surface area contributed by atoms with Crippen molar-refractivity contribution in [1.82, 2.24) is 4.90 Å². The number of furan rings is 1. The van der Waals surface area contributed by atoms with Gasteiger partial charge in [0.25, 0.3) is 23.6 Å². The first-order valence-electron chi connectivity index (χ1n) is 10.1. The van der Waals surface area contributed by atoms with Crippen molar-refractivity contribution in [2.45, 2.75) is 6.92 Å². The summed E-state index contributed by atoms with van der Waals surface area (Å²) in [4.78, 5) is 61.9. The van der Waals surface area contributed by atoms with Crippen LogP contribution in [-0.4, -0.2) is 48.2 Å². The second kappa shape index (κ2) is 9.02. The van der Waals surface area contributed by atoms with Gasteiger partial charge in [-0.25, -0.2) is 4.79 Å². The van der Waals surface area contributed by atoms with E-state index in [0.717, 1.165) is 4.90 Å². The summed E-state index contributed by atoms with van der Waals surface area (Å²) in [5.74, 6) is -2.62. The van der Waals surface area contributed by atoms with E-state index in [-0.39, 0.29) is 28.1 Å². The lowest BCUT2D eigenvalue weighted by atomic mass is 10.1. The standard InChI is InChI=1S/C24H19N3O7/c1-13-5-6-14(10-18(13)26-21(29)19-4-3-9-33-19)24(32)34-12-20(28)25-15-7-8-16-17(11-15)23(31)27(2)22(16)30/h3-11H,12H2,1-2H3,(H,25,28)(H,26,29). The zero-order valence-electron chi connectivity index (χ0n) is 18.2. The van der Waals surface area contributed by atoms with E-state index in [0.29, 0.717) is 11.3 Å². The van der Waals surface area contributed by atoms with Crippen molar-refractivity contribution in [1.29, 1.82) is 0 Å². The van der Waals surface area contributed by atoms with Gasteiger partial charge in [-0.05, 0) is 55.0 Å². The Morgan fingerprint density at radius 2 is 1.74 bits per heavy atom. The van der Waals surface area contributed by atoms with Gasteiger partial charge >= 0.3 is 5.97 Å². The maximum atomic E-state index is 12.4. The number of anilines is 2. The summed E-state index contributed by atoms with van der Waals surface area (Å²) in [6, 6.07) is 12.0. The highest BCUT2D eigenvalue weighted by atomic mass is 16.5. The van der Waals surface area contributed by atoms with Crippen LogP contribution < -0.4 is 10.6 Å². The molecule has 0 saturated heterocycles. The highest BCUT2D eigenvalue weighted by Gasteiger charge is 2.32. The number of carbonyl (C=O) groups excluding carboxylic acids is 5. The Labute approximate surface area is 193 Å². The number of benzene rings is 2. The lowest BCUT2D eigenvalue weighted by Gasteiger charge is -2.10. The molecule has 0 saturated carbocycles. The topological polar surface area (TPSA) is 135 Å². The molecule has 0 aliphatic carbocycles. The lowest BCUT2D eigenvalue weighted by Crippen LogP contribution is -2.24. The summed E-state index contributed by atoms with van der Waals surface area (Å²) in [6.07, 6.45) is 1.37. The van der Waals surface area contributed by atoms with Crippen LogP contribution >= 0.6 is 0 Å². The maximum Gasteiger partial charge on any atom is 0.338 e. The van der Waals surface area contributed by atoms with Crippen molar-refractivity contribution in [3.05, 3.63) is 82.8 Å². The molecule has 172 valence electrons. The van der Waals surface area contributed by atoms with E-state index in [4.69, 9.17) is 9.15 Å². The highest BCUT2D eigenvalue weighted by Crippen LogP contribution is 2.25. The number of hydrogen-bond donors (Lipinski definition) is 2. The number of carbonyl (C=O) groups is 5. The number of aryl methyl sites for hydroxylation is 1. The molecular weight excluding hydrogens is 442 g/mol. The fourth-order valence-electron chi connectivity index (χ4n) is 3.33. The van der Waals surface area contributed by atoms with Crippen LogP contribution in [-0.2, 0) is 9.53 Å². The van der Waals surface area contributed by atoms with Crippen molar-refractivity contribution in [3.8, 4) is 0 Å². The molecular formula is C24H19N3O7. The largest absolute Gasteiger partial charge is 0.459 e. The first-order valence-corrected chi connectivity index (χ1v) is 10.1. The maximum absolute atomic E-state index is 12.4. The number of imide groups is 1. The average Bonchev–Trinajstić information content (AvgIpc) is 3.43. The first-order chi connectivity index (χ1) is 16.2. The van der Waals surface area contributed by atoms with E-state index < -0.39 is 36.2 Å². The molecule has 0 bridgehead atoms. The Morgan fingerprint density at radius 1 is 0.971 bits per heavy atom. The Bertz CT molecular complexity index is 1330. The SMILES string of the molecule is Cc1ccc(C(=O)OCC(=O)Nc2ccc3c(c2)C(=O)N(C)C3=O)cc1NC(=O)c1ccco1. The van der Waals surface area contributed by atoms with Crippen LogP contribution in [0.3, 0.4) is 0 Å². The average molecular weight is 461 g/mol. The first kappa shape index (κ1) is 22.5. The molecule has 2 N–H and O–H groups in total. The second-order valence-corrected chi connectivity index (χ2v) is 7.52. The number of hydrogen-bond acceptors (Lipinski definition) is 7. The number of nitrogens with one attached hydrogen (secondary N) is 2. The molecule has 3 aromatic rings. The summed E-state index contributed by atoms with van der Waals surface area (Å²) in [5, 5.41) is 5.19. The Hall–Kier alpha value is -4.73. The number of esters is 1. The van der Waals surface area contributed by atoms with Crippen LogP contribution in [0.4, 0.5) is 11.4 Å². The molecule has 10 heteroatoms. The van der Waals surface area contributed by atoms with Gasteiger partial charge in [0, 0.05) is 18.4 Å². The van der Waals surface area contributed by atoms with Crippen LogP contribution in [0.15, 0.2) is 59.2 Å². The Kier molecular flexibility index (Phi) is 5.96. The third kappa shape index (κ3) is 4.42. The number of nitrogens with zero attached hydrogens (tertiary/aromatic N) is 1. The molecule has 1 aromatic heterocycles. The predicted octanol–water partition coefficient (Wildman–Crippen LogP) is 2.86. The molecule has 4 rings (SSSR count). The van der Waals surface area contributed by atoms with E-state index >= 15 is 0 Å². The zero-order chi connectivity index (χ0) is 24.4. The van der Waals surface area contributed by atoms with Crippen LogP contribution in [0, 0.1) is 6.92 Å². The van der Waals surface area contributed by atoms with E-state index in [1.807, 2.05) is 0 Å². The molecule has 1 aliphatic heterocycles. The fourth-order valence-corrected chi connectivity index (χ4v) is 3.33. The van der Waals surface area contributed by atoms with Gasteiger partial charge in [0.05, 0.1) is 23.0 Å². The summed E-state index contributed by atoms with van der Waals surface area (Å²) < 4.78 is 10.1. The predicted molar refractivity (Wildman–Crippen MR) is 120 cm³/mol. The van der Waals surface area contributed by atoms with Gasteiger partial charge in [-0.1, -0.05) is 6.07 Å². The van der Waals surface area contributed by atoms with Gasteiger partial charge in [-0.15, -0.1) is 0 Å². The molecule has 1 aliphatic rings.